The number of sulfonamides is 1. The maximum Gasteiger partial charge on any atom is 0.282 e. The lowest BCUT2D eigenvalue weighted by Gasteiger charge is -2.04. The third-order valence-corrected chi connectivity index (χ3v) is 4.46. The van der Waals surface area contributed by atoms with E-state index in [0.717, 1.165) is 10.9 Å². The summed E-state index contributed by atoms with van der Waals surface area (Å²) in [5, 5.41) is 1.57. The zero-order chi connectivity index (χ0) is 14.7. The van der Waals surface area contributed by atoms with Crippen molar-refractivity contribution < 1.29 is 8.42 Å². The first-order chi connectivity index (χ1) is 10.2. The fourth-order valence-electron chi connectivity index (χ4n) is 2.15. The van der Waals surface area contributed by atoms with Crippen LogP contribution < -0.4 is 0 Å². The molecular formula is C17H13NO2S. The summed E-state index contributed by atoms with van der Waals surface area (Å²) in [6.07, 6.45) is 1.37. The minimum absolute atomic E-state index is 0.229. The van der Waals surface area contributed by atoms with Crippen LogP contribution in [0, 0.1) is 0 Å². The molecule has 0 spiro atoms. The molecule has 0 aromatic heterocycles. The van der Waals surface area contributed by atoms with E-state index in [0.29, 0.717) is 5.39 Å². The molecule has 0 aliphatic carbocycles. The molecule has 0 aliphatic rings. The molecule has 0 fully saturated rings. The predicted octanol–water partition coefficient (Wildman–Crippen LogP) is 3.65. The molecule has 0 unspecified atom stereocenters. The van der Waals surface area contributed by atoms with Crippen LogP contribution in [0.25, 0.3) is 10.8 Å². The normalized spacial score (nSPS) is 12.0. The summed E-state index contributed by atoms with van der Waals surface area (Å²) < 4.78 is 28.6. The van der Waals surface area contributed by atoms with E-state index in [1.807, 2.05) is 54.6 Å². The lowest BCUT2D eigenvalue weighted by Crippen LogP contribution is -1.98. The maximum atomic E-state index is 12.4. The lowest BCUT2D eigenvalue weighted by molar-refractivity contribution is 0.599. The summed E-state index contributed by atoms with van der Waals surface area (Å²) >= 11 is 0. The van der Waals surface area contributed by atoms with Crippen LogP contribution in [0.4, 0.5) is 0 Å². The molecule has 0 N–H and O–H groups in total. The number of nitrogens with zero attached hydrogens (tertiary/aromatic N) is 1. The van der Waals surface area contributed by atoms with Gasteiger partial charge in [0.25, 0.3) is 10.0 Å². The summed E-state index contributed by atoms with van der Waals surface area (Å²) in [7, 11) is -3.72. The number of fused-ring (bicyclic) bond motifs is 1. The molecule has 21 heavy (non-hydrogen) atoms. The van der Waals surface area contributed by atoms with Gasteiger partial charge in [-0.2, -0.15) is 12.8 Å². The molecule has 0 saturated carbocycles. The van der Waals surface area contributed by atoms with Crippen molar-refractivity contribution in [1.82, 2.24) is 0 Å². The van der Waals surface area contributed by atoms with E-state index in [1.54, 1.807) is 18.2 Å². The Morgan fingerprint density at radius 3 is 2.24 bits per heavy atom. The predicted molar refractivity (Wildman–Crippen MR) is 85.2 cm³/mol. The van der Waals surface area contributed by atoms with Gasteiger partial charge in [-0.05, 0) is 17.0 Å². The van der Waals surface area contributed by atoms with Crippen LogP contribution in [0.3, 0.4) is 0 Å². The third-order valence-electron chi connectivity index (χ3n) is 3.17. The summed E-state index contributed by atoms with van der Waals surface area (Å²) in [5.41, 5.74) is 0.751. The zero-order valence-electron chi connectivity index (χ0n) is 11.2. The molecule has 0 aliphatic heterocycles. The first-order valence-corrected chi connectivity index (χ1v) is 7.94. The molecule has 3 rings (SSSR count). The molecule has 0 amide bonds. The number of rotatable bonds is 3. The first-order valence-electron chi connectivity index (χ1n) is 6.50. The van der Waals surface area contributed by atoms with Crippen molar-refractivity contribution in [2.75, 3.05) is 0 Å². The Morgan fingerprint density at radius 1 is 0.762 bits per heavy atom. The molecule has 0 atom stereocenters. The average molecular weight is 295 g/mol. The van der Waals surface area contributed by atoms with Crippen LogP contribution in [0.1, 0.15) is 5.56 Å². The van der Waals surface area contributed by atoms with Crippen LogP contribution in [-0.4, -0.2) is 14.6 Å². The van der Waals surface area contributed by atoms with E-state index >= 15 is 0 Å². The highest BCUT2D eigenvalue weighted by molar-refractivity contribution is 7.90. The van der Waals surface area contributed by atoms with Gasteiger partial charge in [0.1, 0.15) is 0 Å². The maximum absolute atomic E-state index is 12.4. The minimum atomic E-state index is -3.72. The Balaban J connectivity index is 2.07. The van der Waals surface area contributed by atoms with E-state index in [9.17, 15) is 8.42 Å². The molecular weight excluding hydrogens is 282 g/mol. The van der Waals surface area contributed by atoms with E-state index in [-0.39, 0.29) is 4.90 Å². The fourth-order valence-corrected chi connectivity index (χ4v) is 3.24. The van der Waals surface area contributed by atoms with Crippen molar-refractivity contribution in [3.63, 3.8) is 0 Å². The van der Waals surface area contributed by atoms with Gasteiger partial charge in [-0.25, -0.2) is 0 Å². The van der Waals surface area contributed by atoms with Crippen molar-refractivity contribution in [3.05, 3.63) is 78.4 Å². The first kappa shape index (κ1) is 13.5. The third kappa shape index (κ3) is 2.85. The largest absolute Gasteiger partial charge is 0.282 e. The Morgan fingerprint density at radius 2 is 1.43 bits per heavy atom. The van der Waals surface area contributed by atoms with Crippen LogP contribution in [0.15, 0.2) is 82.1 Å². The number of hydrogen-bond acceptors (Lipinski definition) is 2. The van der Waals surface area contributed by atoms with E-state index in [2.05, 4.69) is 4.40 Å². The van der Waals surface area contributed by atoms with Crippen molar-refractivity contribution in [1.29, 1.82) is 0 Å². The number of benzene rings is 3. The fraction of sp³-hybridized carbons (Fsp3) is 0. The van der Waals surface area contributed by atoms with Crippen LogP contribution >= 0.6 is 0 Å². The summed E-state index contributed by atoms with van der Waals surface area (Å²) in [4.78, 5) is 0.229. The summed E-state index contributed by atoms with van der Waals surface area (Å²) in [5.74, 6) is 0. The molecule has 3 aromatic carbocycles. The van der Waals surface area contributed by atoms with Crippen LogP contribution in [0.5, 0.6) is 0 Å². The Kier molecular flexibility index (Phi) is 3.54. The standard InChI is InChI=1S/C17H13NO2S/c19-21(20,18-13-14-7-2-1-3-8-14)17-12-6-10-15-9-4-5-11-16(15)17/h1-13H/b18-13+. The van der Waals surface area contributed by atoms with Crippen molar-refractivity contribution >= 4 is 27.0 Å². The van der Waals surface area contributed by atoms with Gasteiger partial charge in [0.2, 0.25) is 0 Å². The minimum Gasteiger partial charge on any atom is -0.199 e. The summed E-state index contributed by atoms with van der Waals surface area (Å²) in [6, 6.07) is 21.7. The van der Waals surface area contributed by atoms with Gasteiger partial charge in [0, 0.05) is 11.6 Å². The van der Waals surface area contributed by atoms with Gasteiger partial charge in [-0.1, -0.05) is 66.7 Å². The molecule has 3 nitrogen and oxygen atoms in total. The van der Waals surface area contributed by atoms with Crippen LogP contribution in [-0.2, 0) is 10.0 Å². The second-order valence-electron chi connectivity index (χ2n) is 4.60. The topological polar surface area (TPSA) is 46.5 Å². The SMILES string of the molecule is O=S(=O)(/N=C/c1ccccc1)c1cccc2ccccc12. The summed E-state index contributed by atoms with van der Waals surface area (Å²) in [6.45, 7) is 0. The molecule has 3 aromatic rings. The number of hydrogen-bond donors (Lipinski definition) is 0. The highest BCUT2D eigenvalue weighted by atomic mass is 32.2. The second-order valence-corrected chi connectivity index (χ2v) is 6.20. The molecule has 0 radical (unpaired) electrons. The van der Waals surface area contributed by atoms with Crippen molar-refractivity contribution in [2.24, 2.45) is 4.40 Å². The quantitative estimate of drug-likeness (QED) is 0.692. The van der Waals surface area contributed by atoms with Crippen LogP contribution in [0.2, 0.25) is 0 Å². The van der Waals surface area contributed by atoms with E-state index < -0.39 is 10.0 Å². The lowest BCUT2D eigenvalue weighted by atomic mass is 10.1. The average Bonchev–Trinajstić information content (AvgIpc) is 2.53. The highest BCUT2D eigenvalue weighted by Crippen LogP contribution is 2.24. The second kappa shape index (κ2) is 5.50. The Hall–Kier alpha value is -2.46. The smallest absolute Gasteiger partial charge is 0.199 e. The van der Waals surface area contributed by atoms with Crippen molar-refractivity contribution in [3.8, 4) is 0 Å². The van der Waals surface area contributed by atoms with E-state index in [1.165, 1.54) is 6.21 Å². The van der Waals surface area contributed by atoms with Gasteiger partial charge in [0.05, 0.1) is 4.90 Å². The molecule has 104 valence electrons. The monoisotopic (exact) mass is 295 g/mol. The molecule has 0 bridgehead atoms. The zero-order valence-corrected chi connectivity index (χ0v) is 12.0. The molecule has 0 saturated heterocycles. The van der Waals surface area contributed by atoms with Gasteiger partial charge in [0.15, 0.2) is 0 Å². The van der Waals surface area contributed by atoms with Gasteiger partial charge in [-0.15, -0.1) is 0 Å². The Labute approximate surface area is 123 Å². The molecule has 0 heterocycles. The van der Waals surface area contributed by atoms with Gasteiger partial charge < -0.3 is 0 Å². The molecule has 4 heteroatoms. The Bertz CT molecular complexity index is 895. The van der Waals surface area contributed by atoms with E-state index in [4.69, 9.17) is 0 Å². The van der Waals surface area contributed by atoms with Gasteiger partial charge in [-0.3, -0.25) is 0 Å². The highest BCUT2D eigenvalue weighted by Gasteiger charge is 2.14. The van der Waals surface area contributed by atoms with Gasteiger partial charge >= 0.3 is 0 Å². The van der Waals surface area contributed by atoms with Crippen molar-refractivity contribution in [2.45, 2.75) is 4.90 Å².